The Labute approximate surface area is 149 Å². The van der Waals surface area contributed by atoms with Crippen molar-refractivity contribution in [3.05, 3.63) is 72.2 Å². The lowest BCUT2D eigenvalue weighted by Gasteiger charge is -2.04. The van der Waals surface area contributed by atoms with Gasteiger partial charge in [0.2, 0.25) is 5.91 Å². The van der Waals surface area contributed by atoms with Crippen LogP contribution in [0.2, 0.25) is 0 Å². The van der Waals surface area contributed by atoms with Gasteiger partial charge in [-0.15, -0.1) is 0 Å². The Balaban J connectivity index is 1.42. The number of H-pyrrole nitrogens is 1. The van der Waals surface area contributed by atoms with Crippen LogP contribution in [0.3, 0.4) is 0 Å². The van der Waals surface area contributed by atoms with Gasteiger partial charge in [0.05, 0.1) is 17.6 Å². The van der Waals surface area contributed by atoms with E-state index in [4.69, 9.17) is 0 Å². The predicted molar refractivity (Wildman–Crippen MR) is 97.9 cm³/mol. The molecule has 4 nitrogen and oxygen atoms in total. The molecule has 0 saturated carbocycles. The summed E-state index contributed by atoms with van der Waals surface area (Å²) in [5.74, 6) is -0.00666. The Bertz CT molecular complexity index is 818. The van der Waals surface area contributed by atoms with Crippen molar-refractivity contribution in [2.45, 2.75) is 11.6 Å². The third-order valence-electron chi connectivity index (χ3n) is 3.63. The summed E-state index contributed by atoms with van der Waals surface area (Å²) in [7, 11) is 0. The van der Waals surface area contributed by atoms with Gasteiger partial charge in [-0.25, -0.2) is 9.37 Å². The van der Waals surface area contributed by atoms with E-state index in [1.54, 1.807) is 18.3 Å². The van der Waals surface area contributed by atoms with Crippen LogP contribution in [0.4, 0.5) is 4.39 Å². The van der Waals surface area contributed by atoms with E-state index in [0.29, 0.717) is 23.9 Å². The normalized spacial score (nSPS) is 10.6. The van der Waals surface area contributed by atoms with E-state index >= 15 is 0 Å². The topological polar surface area (TPSA) is 57.8 Å². The maximum atomic E-state index is 12.8. The van der Waals surface area contributed by atoms with Gasteiger partial charge in [0, 0.05) is 6.54 Å². The number of benzene rings is 2. The molecule has 0 aliphatic heterocycles. The molecule has 0 spiro atoms. The van der Waals surface area contributed by atoms with E-state index in [1.807, 2.05) is 30.3 Å². The molecular formula is C19H18FN3OS. The molecule has 0 atom stereocenters. The summed E-state index contributed by atoms with van der Waals surface area (Å²) in [5.41, 5.74) is 2.98. The summed E-state index contributed by atoms with van der Waals surface area (Å²) < 4.78 is 12.8. The van der Waals surface area contributed by atoms with Crippen molar-refractivity contribution in [2.75, 3.05) is 12.3 Å². The van der Waals surface area contributed by atoms with Gasteiger partial charge < -0.3 is 10.3 Å². The van der Waals surface area contributed by atoms with Crippen LogP contribution in [0.1, 0.15) is 5.56 Å². The number of carbonyl (C=O) groups is 1. The molecule has 0 fully saturated rings. The second-order valence-corrected chi connectivity index (χ2v) is 6.45. The number of hydrogen-bond acceptors (Lipinski definition) is 3. The van der Waals surface area contributed by atoms with Gasteiger partial charge in [0.15, 0.2) is 5.16 Å². The Kier molecular flexibility index (Phi) is 5.85. The van der Waals surface area contributed by atoms with Crippen LogP contribution >= 0.6 is 11.8 Å². The van der Waals surface area contributed by atoms with Crippen LogP contribution in [0.5, 0.6) is 0 Å². The van der Waals surface area contributed by atoms with Crippen LogP contribution in [-0.4, -0.2) is 28.2 Å². The second kappa shape index (κ2) is 8.48. The van der Waals surface area contributed by atoms with Gasteiger partial charge in [-0.3, -0.25) is 4.79 Å². The highest BCUT2D eigenvalue weighted by Gasteiger charge is 2.07. The zero-order chi connectivity index (χ0) is 17.5. The minimum Gasteiger partial charge on any atom is -0.355 e. The molecule has 6 heteroatoms. The molecule has 1 amide bonds. The van der Waals surface area contributed by atoms with Crippen LogP contribution in [-0.2, 0) is 11.2 Å². The zero-order valence-electron chi connectivity index (χ0n) is 13.5. The van der Waals surface area contributed by atoms with Crippen LogP contribution < -0.4 is 5.32 Å². The molecule has 2 N–H and O–H groups in total. The fourth-order valence-electron chi connectivity index (χ4n) is 2.32. The Morgan fingerprint density at radius 3 is 2.64 bits per heavy atom. The number of aromatic amines is 1. The molecule has 3 rings (SSSR count). The van der Waals surface area contributed by atoms with Crippen molar-refractivity contribution in [1.82, 2.24) is 15.3 Å². The van der Waals surface area contributed by atoms with Gasteiger partial charge in [0.25, 0.3) is 0 Å². The Hall–Kier alpha value is -2.60. The maximum Gasteiger partial charge on any atom is 0.230 e. The number of halogens is 1. The van der Waals surface area contributed by atoms with Crippen molar-refractivity contribution >= 4 is 17.7 Å². The third-order valence-corrected chi connectivity index (χ3v) is 4.51. The van der Waals surface area contributed by atoms with Crippen molar-refractivity contribution in [3.8, 4) is 11.3 Å². The second-order valence-electron chi connectivity index (χ2n) is 5.48. The van der Waals surface area contributed by atoms with Crippen LogP contribution in [0, 0.1) is 5.82 Å². The molecule has 3 aromatic rings. The number of carbonyl (C=O) groups excluding carboxylic acids is 1. The molecule has 1 heterocycles. The lowest BCUT2D eigenvalue weighted by Crippen LogP contribution is -2.27. The first-order valence-corrected chi connectivity index (χ1v) is 8.93. The van der Waals surface area contributed by atoms with E-state index < -0.39 is 0 Å². The highest BCUT2D eigenvalue weighted by molar-refractivity contribution is 7.99. The first-order chi connectivity index (χ1) is 12.2. The highest BCUT2D eigenvalue weighted by Crippen LogP contribution is 2.20. The van der Waals surface area contributed by atoms with E-state index in [-0.39, 0.29) is 11.7 Å². The summed E-state index contributed by atoms with van der Waals surface area (Å²) in [6.07, 6.45) is 2.44. The number of nitrogens with one attached hydrogen (secondary N) is 2. The summed E-state index contributed by atoms with van der Waals surface area (Å²) in [4.78, 5) is 19.4. The van der Waals surface area contributed by atoms with Crippen molar-refractivity contribution in [3.63, 3.8) is 0 Å². The molecule has 2 aromatic carbocycles. The maximum absolute atomic E-state index is 12.8. The van der Waals surface area contributed by atoms with Gasteiger partial charge >= 0.3 is 0 Å². The molecule has 1 aromatic heterocycles. The number of rotatable bonds is 7. The molecule has 0 aliphatic carbocycles. The number of aromatic nitrogens is 2. The smallest absolute Gasteiger partial charge is 0.230 e. The fourth-order valence-corrected chi connectivity index (χ4v) is 3.00. The van der Waals surface area contributed by atoms with Crippen LogP contribution in [0.25, 0.3) is 11.3 Å². The molecule has 0 unspecified atom stereocenters. The minimum atomic E-state index is -0.252. The van der Waals surface area contributed by atoms with Crippen molar-refractivity contribution in [2.24, 2.45) is 0 Å². The minimum absolute atomic E-state index is 0.0511. The number of nitrogens with zero attached hydrogens (tertiary/aromatic N) is 1. The van der Waals surface area contributed by atoms with Crippen LogP contribution in [0.15, 0.2) is 66.0 Å². The number of hydrogen-bond donors (Lipinski definition) is 2. The Morgan fingerprint density at radius 1 is 1.12 bits per heavy atom. The lowest BCUT2D eigenvalue weighted by molar-refractivity contribution is -0.118. The monoisotopic (exact) mass is 355 g/mol. The first kappa shape index (κ1) is 17.2. The molecule has 0 saturated heterocycles. The molecule has 25 heavy (non-hydrogen) atoms. The molecule has 0 aliphatic rings. The number of imidazole rings is 1. The molecular weight excluding hydrogens is 337 g/mol. The quantitative estimate of drug-likeness (QED) is 0.636. The van der Waals surface area contributed by atoms with Gasteiger partial charge in [-0.2, -0.15) is 0 Å². The molecule has 0 bridgehead atoms. The van der Waals surface area contributed by atoms with E-state index in [0.717, 1.165) is 16.8 Å². The summed E-state index contributed by atoms with van der Waals surface area (Å²) >= 11 is 1.36. The Morgan fingerprint density at radius 2 is 1.88 bits per heavy atom. The van der Waals surface area contributed by atoms with E-state index in [1.165, 1.54) is 23.9 Å². The summed E-state index contributed by atoms with van der Waals surface area (Å²) in [6, 6.07) is 16.2. The fraction of sp³-hybridized carbons (Fsp3) is 0.158. The molecule has 128 valence electrons. The number of amides is 1. The average molecular weight is 355 g/mol. The summed E-state index contributed by atoms with van der Waals surface area (Å²) in [5, 5.41) is 3.57. The summed E-state index contributed by atoms with van der Waals surface area (Å²) in [6.45, 7) is 0.526. The van der Waals surface area contributed by atoms with Crippen molar-refractivity contribution < 1.29 is 9.18 Å². The highest BCUT2D eigenvalue weighted by atomic mass is 32.2. The van der Waals surface area contributed by atoms with Gasteiger partial charge in [-0.1, -0.05) is 54.2 Å². The standard InChI is InChI=1S/C19H18FN3OS/c20-16-8-6-14(7-9-16)10-11-21-18(24)13-25-19-22-12-17(23-19)15-4-2-1-3-5-15/h1-9,12H,10-11,13H2,(H,21,24)(H,22,23). The van der Waals surface area contributed by atoms with Gasteiger partial charge in [-0.05, 0) is 29.7 Å². The predicted octanol–water partition coefficient (Wildman–Crippen LogP) is 3.67. The van der Waals surface area contributed by atoms with E-state index in [2.05, 4.69) is 15.3 Å². The van der Waals surface area contributed by atoms with Crippen molar-refractivity contribution in [1.29, 1.82) is 0 Å². The number of thioether (sulfide) groups is 1. The SMILES string of the molecule is O=C(CSc1ncc(-c2ccccc2)[nH]1)NCCc1ccc(F)cc1. The zero-order valence-corrected chi connectivity index (χ0v) is 14.4. The third kappa shape index (κ3) is 5.19. The molecule has 0 radical (unpaired) electrons. The average Bonchev–Trinajstić information content (AvgIpc) is 3.11. The van der Waals surface area contributed by atoms with E-state index in [9.17, 15) is 9.18 Å². The van der Waals surface area contributed by atoms with Gasteiger partial charge in [0.1, 0.15) is 5.82 Å². The first-order valence-electron chi connectivity index (χ1n) is 7.95. The lowest BCUT2D eigenvalue weighted by atomic mass is 10.1. The largest absolute Gasteiger partial charge is 0.355 e.